The fraction of sp³-hybridized carbons (Fsp3) is 0.407. The molecule has 2 aromatic carbocycles. The normalized spacial score (nSPS) is 13.8. The molecule has 0 spiro atoms. The zero-order valence-electron chi connectivity index (χ0n) is 19.3. The molecule has 1 aromatic heterocycles. The molecule has 0 saturated heterocycles. The first-order chi connectivity index (χ1) is 14.8. The van der Waals surface area contributed by atoms with Crippen molar-refractivity contribution in [3.63, 3.8) is 0 Å². The minimum atomic E-state index is -0.475. The van der Waals surface area contributed by atoms with Crippen LogP contribution in [0.4, 0.5) is 0 Å². The maximum Gasteiger partial charge on any atom is 0.126 e. The highest BCUT2D eigenvalue weighted by atomic mass is 16.5. The van der Waals surface area contributed by atoms with E-state index in [2.05, 4.69) is 92.2 Å². The quantitative estimate of drug-likeness (QED) is 0.526. The number of aliphatic hydroxyl groups is 1. The van der Waals surface area contributed by atoms with Gasteiger partial charge < -0.3 is 19.3 Å². The molecule has 31 heavy (non-hydrogen) atoms. The van der Waals surface area contributed by atoms with E-state index < -0.39 is 6.10 Å². The number of benzene rings is 2. The topological polar surface area (TPSA) is 38.8 Å². The molecule has 1 unspecified atom stereocenters. The Hall–Kier alpha value is -2.40. The molecule has 2 N–H and O–H groups in total. The van der Waals surface area contributed by atoms with Crippen molar-refractivity contribution >= 4 is 0 Å². The van der Waals surface area contributed by atoms with Gasteiger partial charge in [0.2, 0.25) is 0 Å². The average Bonchev–Trinajstić information content (AvgIpc) is 3.15. The molecule has 166 valence electrons. The van der Waals surface area contributed by atoms with Crippen LogP contribution >= 0.6 is 0 Å². The zero-order valence-corrected chi connectivity index (χ0v) is 19.3. The molecule has 3 rings (SSSR count). The first kappa shape index (κ1) is 23.3. The van der Waals surface area contributed by atoms with E-state index in [0.29, 0.717) is 13.2 Å². The molecule has 0 amide bonds. The summed E-state index contributed by atoms with van der Waals surface area (Å²) in [5.74, 6) is 0. The van der Waals surface area contributed by atoms with Gasteiger partial charge in [0.1, 0.15) is 25.7 Å². The van der Waals surface area contributed by atoms with Crippen LogP contribution in [0.5, 0.6) is 0 Å². The predicted octanol–water partition coefficient (Wildman–Crippen LogP) is 3.43. The third-order valence-electron chi connectivity index (χ3n) is 5.71. The number of ether oxygens (including phenoxy) is 1. The molecule has 0 aliphatic carbocycles. The Morgan fingerprint density at radius 1 is 0.903 bits per heavy atom. The van der Waals surface area contributed by atoms with E-state index in [4.69, 9.17) is 4.74 Å². The Morgan fingerprint density at radius 3 is 2.26 bits per heavy atom. The largest absolute Gasteiger partial charge is 0.385 e. The lowest BCUT2D eigenvalue weighted by molar-refractivity contribution is -0.931. The van der Waals surface area contributed by atoms with Crippen LogP contribution in [0.1, 0.15) is 43.2 Å². The van der Waals surface area contributed by atoms with E-state index in [0.717, 1.165) is 19.6 Å². The van der Waals surface area contributed by atoms with Crippen LogP contribution in [0.25, 0.3) is 0 Å². The lowest BCUT2D eigenvalue weighted by Gasteiger charge is -2.23. The second kappa shape index (κ2) is 10.8. The lowest BCUT2D eigenvalue weighted by atomic mass is 9.87. The van der Waals surface area contributed by atoms with Gasteiger partial charge in [0.25, 0.3) is 0 Å². The molecule has 0 aliphatic rings. The Bertz CT molecular complexity index is 910. The number of hydrogen-bond acceptors (Lipinski definition) is 2. The van der Waals surface area contributed by atoms with Crippen LogP contribution in [0, 0.1) is 0 Å². The van der Waals surface area contributed by atoms with E-state index in [1.54, 1.807) is 7.11 Å². The van der Waals surface area contributed by atoms with Crippen molar-refractivity contribution in [1.29, 1.82) is 0 Å². The van der Waals surface area contributed by atoms with Crippen LogP contribution in [-0.2, 0) is 29.8 Å². The SMILES string of the molecule is COC[C@@H](O)C[NH+](Cc1ccccc1)Cc1cccn1Cc1ccc(C(C)(C)C)cc1. The summed E-state index contributed by atoms with van der Waals surface area (Å²) in [4.78, 5) is 1.32. The van der Waals surface area contributed by atoms with Gasteiger partial charge in [-0.25, -0.2) is 0 Å². The van der Waals surface area contributed by atoms with Gasteiger partial charge in [-0.1, -0.05) is 75.4 Å². The first-order valence-corrected chi connectivity index (χ1v) is 11.1. The molecule has 1 heterocycles. The number of quaternary nitrogens is 1. The fourth-order valence-corrected chi connectivity index (χ4v) is 4.00. The van der Waals surface area contributed by atoms with Gasteiger partial charge in [-0.05, 0) is 28.7 Å². The molecule has 2 atom stereocenters. The molecule has 0 aliphatic heterocycles. The average molecular weight is 422 g/mol. The monoisotopic (exact) mass is 421 g/mol. The smallest absolute Gasteiger partial charge is 0.126 e. The van der Waals surface area contributed by atoms with Gasteiger partial charge in [0.05, 0.1) is 12.3 Å². The summed E-state index contributed by atoms with van der Waals surface area (Å²) in [6, 6.07) is 23.8. The number of nitrogens with one attached hydrogen (secondary N) is 1. The number of rotatable bonds is 10. The maximum atomic E-state index is 10.4. The standard InChI is InChI=1S/C27H36N2O2/c1-27(2,3)24-14-12-23(13-15-24)18-29-16-8-11-25(29)19-28(20-26(30)21-31-4)17-22-9-6-5-7-10-22/h5-16,26,30H,17-21H2,1-4H3/p+1/t26-/m0/s1. The maximum absolute atomic E-state index is 10.4. The van der Waals surface area contributed by atoms with Crippen LogP contribution in [0.15, 0.2) is 72.9 Å². The summed E-state index contributed by atoms with van der Waals surface area (Å²) in [5, 5.41) is 10.4. The van der Waals surface area contributed by atoms with Crippen LogP contribution in [0.3, 0.4) is 0 Å². The van der Waals surface area contributed by atoms with E-state index in [1.807, 2.05) is 6.07 Å². The summed E-state index contributed by atoms with van der Waals surface area (Å²) in [6.45, 7) is 10.3. The number of nitrogens with zero attached hydrogens (tertiary/aromatic N) is 1. The van der Waals surface area contributed by atoms with E-state index in [-0.39, 0.29) is 5.41 Å². The lowest BCUT2D eigenvalue weighted by Crippen LogP contribution is -3.10. The fourth-order valence-electron chi connectivity index (χ4n) is 4.00. The number of aliphatic hydroxyl groups excluding tert-OH is 1. The summed E-state index contributed by atoms with van der Waals surface area (Å²) in [6.07, 6.45) is 1.68. The van der Waals surface area contributed by atoms with Crippen molar-refractivity contribution < 1.29 is 14.7 Å². The van der Waals surface area contributed by atoms with Crippen molar-refractivity contribution in [3.05, 3.63) is 95.3 Å². The summed E-state index contributed by atoms with van der Waals surface area (Å²) >= 11 is 0. The molecule has 3 aromatic rings. The van der Waals surface area contributed by atoms with Crippen molar-refractivity contribution in [2.24, 2.45) is 0 Å². The predicted molar refractivity (Wildman–Crippen MR) is 126 cm³/mol. The summed E-state index contributed by atoms with van der Waals surface area (Å²) < 4.78 is 7.48. The second-order valence-corrected chi connectivity index (χ2v) is 9.48. The number of hydrogen-bond donors (Lipinski definition) is 2. The first-order valence-electron chi connectivity index (χ1n) is 11.1. The molecule has 0 radical (unpaired) electrons. The molecule has 4 heteroatoms. The Labute approximate surface area is 187 Å². The van der Waals surface area contributed by atoms with Gasteiger partial charge in [-0.15, -0.1) is 0 Å². The number of aromatic nitrogens is 1. The molecular weight excluding hydrogens is 384 g/mol. The van der Waals surface area contributed by atoms with E-state index in [1.165, 1.54) is 27.3 Å². The minimum absolute atomic E-state index is 0.168. The van der Waals surface area contributed by atoms with Crippen molar-refractivity contribution in [2.75, 3.05) is 20.3 Å². The third kappa shape index (κ3) is 7.06. The van der Waals surface area contributed by atoms with Crippen LogP contribution in [0.2, 0.25) is 0 Å². The summed E-state index contributed by atoms with van der Waals surface area (Å²) in [5.41, 5.74) is 5.37. The van der Waals surface area contributed by atoms with Crippen LogP contribution < -0.4 is 4.90 Å². The molecule has 4 nitrogen and oxygen atoms in total. The van der Waals surface area contributed by atoms with Gasteiger partial charge in [-0.2, -0.15) is 0 Å². The van der Waals surface area contributed by atoms with Gasteiger partial charge in [0.15, 0.2) is 0 Å². The van der Waals surface area contributed by atoms with Crippen molar-refractivity contribution in [1.82, 2.24) is 4.57 Å². The highest BCUT2D eigenvalue weighted by molar-refractivity contribution is 5.28. The molecular formula is C27H37N2O2+. The van der Waals surface area contributed by atoms with Crippen molar-refractivity contribution in [2.45, 2.75) is 51.9 Å². The van der Waals surface area contributed by atoms with E-state index in [9.17, 15) is 5.11 Å². The zero-order chi connectivity index (χ0) is 22.3. The second-order valence-electron chi connectivity index (χ2n) is 9.48. The Morgan fingerprint density at radius 2 is 1.61 bits per heavy atom. The molecule has 0 bridgehead atoms. The van der Waals surface area contributed by atoms with Crippen LogP contribution in [-0.4, -0.2) is 36.0 Å². The Kier molecular flexibility index (Phi) is 8.08. The van der Waals surface area contributed by atoms with Gasteiger partial charge in [-0.3, -0.25) is 0 Å². The highest BCUT2D eigenvalue weighted by Gasteiger charge is 2.18. The summed E-state index contributed by atoms with van der Waals surface area (Å²) in [7, 11) is 1.64. The Balaban J connectivity index is 1.72. The van der Waals surface area contributed by atoms with Gasteiger partial charge in [0, 0.05) is 25.4 Å². The number of methoxy groups -OCH3 is 1. The third-order valence-corrected chi connectivity index (χ3v) is 5.71. The molecule has 0 saturated carbocycles. The van der Waals surface area contributed by atoms with E-state index >= 15 is 0 Å². The minimum Gasteiger partial charge on any atom is -0.385 e. The molecule has 0 fully saturated rings. The van der Waals surface area contributed by atoms with Gasteiger partial charge >= 0.3 is 0 Å². The van der Waals surface area contributed by atoms with Crippen molar-refractivity contribution in [3.8, 4) is 0 Å². The highest BCUT2D eigenvalue weighted by Crippen LogP contribution is 2.22.